The van der Waals surface area contributed by atoms with Gasteiger partial charge >= 0.3 is 0 Å². The van der Waals surface area contributed by atoms with Crippen molar-refractivity contribution < 1.29 is 5.11 Å². The molecule has 0 amide bonds. The van der Waals surface area contributed by atoms with Crippen molar-refractivity contribution in [1.29, 1.82) is 0 Å². The van der Waals surface area contributed by atoms with Crippen LogP contribution in [0.5, 0.6) is 0 Å². The van der Waals surface area contributed by atoms with Gasteiger partial charge in [-0.2, -0.15) is 0 Å². The zero-order valence-corrected chi connectivity index (χ0v) is 12.0. The molecule has 4 unspecified atom stereocenters. The van der Waals surface area contributed by atoms with Crippen LogP contribution in [0.2, 0.25) is 5.02 Å². The van der Waals surface area contributed by atoms with Gasteiger partial charge in [-0.1, -0.05) is 18.0 Å². The minimum absolute atomic E-state index is 0.302. The summed E-state index contributed by atoms with van der Waals surface area (Å²) in [6.45, 7) is 0. The maximum atomic E-state index is 10.4. The van der Waals surface area contributed by atoms with Crippen molar-refractivity contribution in [3.8, 4) is 0 Å². The Morgan fingerprint density at radius 2 is 2.25 bits per heavy atom. The number of hydrogen-bond donors (Lipinski definition) is 1. The molecule has 2 fully saturated rings. The van der Waals surface area contributed by atoms with Crippen LogP contribution in [0.4, 0.5) is 0 Å². The molecule has 0 spiro atoms. The summed E-state index contributed by atoms with van der Waals surface area (Å²) in [5.74, 6) is 2.10. The van der Waals surface area contributed by atoms with Gasteiger partial charge in [0, 0.05) is 4.88 Å². The maximum Gasteiger partial charge on any atom is 0.0913 e. The van der Waals surface area contributed by atoms with Gasteiger partial charge in [0.2, 0.25) is 0 Å². The minimum atomic E-state index is -0.302. The van der Waals surface area contributed by atoms with E-state index in [1.165, 1.54) is 25.7 Å². The topological polar surface area (TPSA) is 20.2 Å². The summed E-state index contributed by atoms with van der Waals surface area (Å²) in [5.41, 5.74) is 0. The van der Waals surface area contributed by atoms with Gasteiger partial charge < -0.3 is 5.11 Å². The third kappa shape index (κ3) is 1.86. The molecule has 1 aromatic rings. The van der Waals surface area contributed by atoms with E-state index in [-0.39, 0.29) is 6.10 Å². The van der Waals surface area contributed by atoms with E-state index in [0.29, 0.717) is 5.92 Å². The van der Waals surface area contributed by atoms with Crippen LogP contribution in [-0.4, -0.2) is 5.11 Å². The van der Waals surface area contributed by atoms with Crippen LogP contribution in [0.15, 0.2) is 9.85 Å². The van der Waals surface area contributed by atoms with E-state index in [1.807, 2.05) is 6.07 Å². The largest absolute Gasteiger partial charge is 0.387 e. The van der Waals surface area contributed by atoms with Crippen molar-refractivity contribution >= 4 is 38.9 Å². The molecule has 16 heavy (non-hydrogen) atoms. The number of hydrogen-bond acceptors (Lipinski definition) is 2. The van der Waals surface area contributed by atoms with Crippen LogP contribution < -0.4 is 0 Å². The molecule has 0 radical (unpaired) electrons. The van der Waals surface area contributed by atoms with Gasteiger partial charge in [-0.05, 0) is 59.0 Å². The monoisotopic (exact) mass is 320 g/mol. The molecule has 1 nitrogen and oxygen atoms in total. The summed E-state index contributed by atoms with van der Waals surface area (Å²) in [7, 11) is 0. The molecule has 2 bridgehead atoms. The van der Waals surface area contributed by atoms with Crippen molar-refractivity contribution in [1.82, 2.24) is 0 Å². The lowest BCUT2D eigenvalue weighted by atomic mass is 9.84. The molecule has 2 aliphatic rings. The number of aliphatic hydroxyl groups excluding tert-OH is 1. The third-order valence-electron chi connectivity index (χ3n) is 4.15. The lowest BCUT2D eigenvalue weighted by molar-refractivity contribution is 0.0775. The molecule has 1 N–H and O–H groups in total. The Bertz CT molecular complexity index is 386. The molecular weight excluding hydrogens is 308 g/mol. The summed E-state index contributed by atoms with van der Waals surface area (Å²) in [6, 6.07) is 1.91. The molecule has 1 aromatic heterocycles. The highest BCUT2D eigenvalue weighted by molar-refractivity contribution is 9.11. The number of rotatable bonds is 2. The fourth-order valence-electron chi connectivity index (χ4n) is 3.40. The predicted molar refractivity (Wildman–Crippen MR) is 70.9 cm³/mol. The van der Waals surface area contributed by atoms with Gasteiger partial charge in [0.1, 0.15) is 0 Å². The average molecular weight is 322 g/mol. The number of thiophene rings is 1. The summed E-state index contributed by atoms with van der Waals surface area (Å²) >= 11 is 11.0. The van der Waals surface area contributed by atoms with Crippen molar-refractivity contribution in [2.45, 2.75) is 31.8 Å². The van der Waals surface area contributed by atoms with Gasteiger partial charge in [-0.15, -0.1) is 11.3 Å². The molecule has 88 valence electrons. The second kappa shape index (κ2) is 4.27. The summed E-state index contributed by atoms with van der Waals surface area (Å²) in [4.78, 5) is 1.02. The van der Waals surface area contributed by atoms with Crippen LogP contribution in [0.1, 0.15) is 36.7 Å². The van der Waals surface area contributed by atoms with Crippen LogP contribution >= 0.6 is 38.9 Å². The SMILES string of the molecule is OC(c1cc(Cl)c(Br)s1)C1CC2CCC1C2. The molecule has 1 heterocycles. The van der Waals surface area contributed by atoms with E-state index in [4.69, 9.17) is 11.6 Å². The van der Waals surface area contributed by atoms with E-state index in [2.05, 4.69) is 15.9 Å². The minimum Gasteiger partial charge on any atom is -0.387 e. The maximum absolute atomic E-state index is 10.4. The first-order valence-corrected chi connectivity index (χ1v) is 7.76. The van der Waals surface area contributed by atoms with Crippen LogP contribution in [-0.2, 0) is 0 Å². The Balaban J connectivity index is 1.80. The molecule has 0 saturated heterocycles. The fourth-order valence-corrected chi connectivity index (χ4v) is 5.21. The molecule has 0 aromatic carbocycles. The van der Waals surface area contributed by atoms with E-state index in [0.717, 1.165) is 25.5 Å². The number of fused-ring (bicyclic) bond motifs is 2. The zero-order valence-electron chi connectivity index (χ0n) is 8.83. The lowest BCUT2D eigenvalue weighted by Gasteiger charge is -2.25. The summed E-state index contributed by atoms with van der Waals surface area (Å²) in [6.07, 6.45) is 4.93. The Labute approximate surface area is 113 Å². The lowest BCUT2D eigenvalue weighted by Crippen LogP contribution is -2.18. The smallest absolute Gasteiger partial charge is 0.0913 e. The van der Waals surface area contributed by atoms with Crippen LogP contribution in [0.25, 0.3) is 0 Å². The molecule has 2 saturated carbocycles. The second-order valence-corrected chi connectivity index (χ2v) is 7.86. The van der Waals surface area contributed by atoms with E-state index < -0.39 is 0 Å². The van der Waals surface area contributed by atoms with Crippen molar-refractivity contribution in [2.24, 2.45) is 17.8 Å². The Kier molecular flexibility index (Phi) is 3.07. The van der Waals surface area contributed by atoms with Gasteiger partial charge in [0.05, 0.1) is 14.9 Å². The van der Waals surface area contributed by atoms with Crippen molar-refractivity contribution in [2.75, 3.05) is 0 Å². The molecule has 4 atom stereocenters. The molecular formula is C12H14BrClOS. The second-order valence-electron chi connectivity index (χ2n) is 5.05. The van der Waals surface area contributed by atoms with Crippen LogP contribution in [0, 0.1) is 17.8 Å². The number of halogens is 2. The first kappa shape index (κ1) is 11.5. The molecule has 3 rings (SSSR count). The Morgan fingerprint density at radius 1 is 1.44 bits per heavy atom. The highest BCUT2D eigenvalue weighted by Gasteiger charge is 2.43. The molecule has 0 aliphatic heterocycles. The normalized spacial score (nSPS) is 34.6. The Morgan fingerprint density at radius 3 is 2.75 bits per heavy atom. The summed E-state index contributed by atoms with van der Waals surface area (Å²) < 4.78 is 0.936. The standard InChI is InChI=1S/C12H14BrClOS/c13-12-9(14)5-10(16-12)11(15)8-4-6-1-2-7(8)3-6/h5-8,11,15H,1-4H2. The highest BCUT2D eigenvalue weighted by atomic mass is 79.9. The average Bonchev–Trinajstić information content (AvgIpc) is 2.94. The first-order valence-electron chi connectivity index (χ1n) is 5.78. The molecule has 2 aliphatic carbocycles. The van der Waals surface area contributed by atoms with E-state index in [9.17, 15) is 5.11 Å². The highest BCUT2D eigenvalue weighted by Crippen LogP contribution is 2.53. The third-order valence-corrected chi connectivity index (χ3v) is 6.70. The van der Waals surface area contributed by atoms with Crippen LogP contribution in [0.3, 0.4) is 0 Å². The van der Waals surface area contributed by atoms with Gasteiger partial charge in [-0.25, -0.2) is 0 Å². The quantitative estimate of drug-likeness (QED) is 0.841. The Hall–Kier alpha value is 0.430. The van der Waals surface area contributed by atoms with Gasteiger partial charge in [0.15, 0.2) is 0 Å². The van der Waals surface area contributed by atoms with Gasteiger partial charge in [0.25, 0.3) is 0 Å². The first-order chi connectivity index (χ1) is 7.65. The summed E-state index contributed by atoms with van der Waals surface area (Å²) in [5, 5.41) is 11.1. The van der Waals surface area contributed by atoms with Crippen molar-refractivity contribution in [3.63, 3.8) is 0 Å². The van der Waals surface area contributed by atoms with E-state index in [1.54, 1.807) is 11.3 Å². The zero-order chi connectivity index (χ0) is 11.3. The molecule has 4 heteroatoms. The fraction of sp³-hybridized carbons (Fsp3) is 0.667. The van der Waals surface area contributed by atoms with E-state index >= 15 is 0 Å². The van der Waals surface area contributed by atoms with Gasteiger partial charge in [-0.3, -0.25) is 0 Å². The number of aliphatic hydroxyl groups is 1. The predicted octanol–water partition coefficient (Wildman–Crippen LogP) is 4.63. The van der Waals surface area contributed by atoms with Crippen molar-refractivity contribution in [3.05, 3.63) is 19.8 Å².